The number of pyridine rings is 1. The number of halogens is 1. The summed E-state index contributed by atoms with van der Waals surface area (Å²) in [4.78, 5) is 3.98. The Balaban J connectivity index is 2.10. The Hall–Kier alpha value is -2.00. The predicted octanol–water partition coefficient (Wildman–Crippen LogP) is 3.41. The summed E-state index contributed by atoms with van der Waals surface area (Å²) in [6, 6.07) is 11.5. The first-order valence-electron chi connectivity index (χ1n) is 5.49. The number of hydrogen-bond acceptors (Lipinski definition) is 3. The molecule has 18 heavy (non-hydrogen) atoms. The Labute approximate surface area is 111 Å². The summed E-state index contributed by atoms with van der Waals surface area (Å²) in [5.74, 6) is 0. The minimum absolute atomic E-state index is 0.371. The predicted molar refractivity (Wildman–Crippen MR) is 75.4 cm³/mol. The maximum Gasteiger partial charge on any atom is 0.158 e. The van der Waals surface area contributed by atoms with Gasteiger partial charge < -0.3 is 0 Å². The minimum Gasteiger partial charge on any atom is -0.264 e. The van der Waals surface area contributed by atoms with Crippen molar-refractivity contribution in [2.45, 2.75) is 6.92 Å². The van der Waals surface area contributed by atoms with Crippen LogP contribution in [0.4, 0.5) is 0 Å². The number of benzene rings is 1. The van der Waals surface area contributed by atoms with Gasteiger partial charge in [0.15, 0.2) is 5.17 Å². The molecule has 1 aromatic heterocycles. The van der Waals surface area contributed by atoms with Gasteiger partial charge in [-0.25, -0.2) is 0 Å². The lowest BCUT2D eigenvalue weighted by molar-refractivity contribution is 1.25. The van der Waals surface area contributed by atoms with Gasteiger partial charge in [0.25, 0.3) is 0 Å². The summed E-state index contributed by atoms with van der Waals surface area (Å²) in [6.07, 6.45) is 5.03. The molecule has 0 aliphatic carbocycles. The maximum atomic E-state index is 6.05. The molecule has 1 aromatic carbocycles. The highest BCUT2D eigenvalue weighted by Crippen LogP contribution is 2.07. The van der Waals surface area contributed by atoms with Crippen LogP contribution in [0.2, 0.25) is 0 Å². The zero-order chi connectivity index (χ0) is 12.8. The fraction of sp³-hybridized carbons (Fsp3) is 0.0714. The van der Waals surface area contributed by atoms with Crippen molar-refractivity contribution in [3.63, 3.8) is 0 Å². The molecule has 0 aliphatic rings. The van der Waals surface area contributed by atoms with Crippen molar-refractivity contribution >= 4 is 23.0 Å². The normalized spacial score (nSPS) is 12.0. The second-order valence-electron chi connectivity index (χ2n) is 3.79. The summed E-state index contributed by atoms with van der Waals surface area (Å²) < 4.78 is 0. The molecule has 0 aliphatic heterocycles. The average Bonchev–Trinajstić information content (AvgIpc) is 2.40. The van der Waals surface area contributed by atoms with E-state index < -0.39 is 0 Å². The first-order chi connectivity index (χ1) is 8.75. The van der Waals surface area contributed by atoms with Crippen LogP contribution in [0.5, 0.6) is 0 Å². The molecule has 0 saturated carbocycles. The van der Waals surface area contributed by atoms with Crippen molar-refractivity contribution in [3.05, 3.63) is 65.5 Å². The van der Waals surface area contributed by atoms with Crippen molar-refractivity contribution in [2.75, 3.05) is 0 Å². The van der Waals surface area contributed by atoms with Crippen molar-refractivity contribution in [2.24, 2.45) is 10.2 Å². The first-order valence-corrected chi connectivity index (χ1v) is 5.87. The van der Waals surface area contributed by atoms with E-state index in [2.05, 4.69) is 15.2 Å². The highest BCUT2D eigenvalue weighted by atomic mass is 35.5. The van der Waals surface area contributed by atoms with Gasteiger partial charge in [0.1, 0.15) is 0 Å². The van der Waals surface area contributed by atoms with E-state index in [0.29, 0.717) is 5.17 Å². The molecule has 0 unspecified atom stereocenters. The second-order valence-corrected chi connectivity index (χ2v) is 4.15. The molecule has 4 heteroatoms. The van der Waals surface area contributed by atoms with E-state index in [1.54, 1.807) is 18.6 Å². The van der Waals surface area contributed by atoms with Crippen molar-refractivity contribution < 1.29 is 0 Å². The highest BCUT2D eigenvalue weighted by Gasteiger charge is 1.97. The third kappa shape index (κ3) is 3.50. The van der Waals surface area contributed by atoms with Gasteiger partial charge >= 0.3 is 0 Å². The SMILES string of the molecule is Cc1ccc(/C(Cl)=N/N=C/c2cccnc2)cc1. The molecule has 0 bridgehead atoms. The van der Waals surface area contributed by atoms with Gasteiger partial charge in [-0.3, -0.25) is 4.98 Å². The smallest absolute Gasteiger partial charge is 0.158 e. The lowest BCUT2D eigenvalue weighted by atomic mass is 10.2. The van der Waals surface area contributed by atoms with Gasteiger partial charge in [-0.2, -0.15) is 5.10 Å². The van der Waals surface area contributed by atoms with Crippen LogP contribution in [0.1, 0.15) is 16.7 Å². The van der Waals surface area contributed by atoms with Crippen LogP contribution >= 0.6 is 11.6 Å². The fourth-order valence-corrected chi connectivity index (χ4v) is 1.52. The van der Waals surface area contributed by atoms with Crippen LogP contribution in [0.15, 0.2) is 59.0 Å². The lowest BCUT2D eigenvalue weighted by Gasteiger charge is -1.96. The Morgan fingerprint density at radius 1 is 1.22 bits per heavy atom. The van der Waals surface area contributed by atoms with Crippen molar-refractivity contribution in [1.29, 1.82) is 0 Å². The van der Waals surface area contributed by atoms with Crippen molar-refractivity contribution in [3.8, 4) is 0 Å². The highest BCUT2D eigenvalue weighted by molar-refractivity contribution is 6.69. The minimum atomic E-state index is 0.371. The second kappa shape index (κ2) is 6.07. The van der Waals surface area contributed by atoms with Crippen LogP contribution in [0, 0.1) is 6.92 Å². The molecule has 0 amide bonds. The number of aromatic nitrogens is 1. The van der Waals surface area contributed by atoms with E-state index in [1.165, 1.54) is 5.56 Å². The van der Waals surface area contributed by atoms with Crippen LogP contribution in [0.25, 0.3) is 0 Å². The van der Waals surface area contributed by atoms with Gasteiger partial charge in [-0.15, -0.1) is 5.10 Å². The number of nitrogens with zero attached hydrogens (tertiary/aromatic N) is 3. The van der Waals surface area contributed by atoms with E-state index in [4.69, 9.17) is 11.6 Å². The molecule has 0 radical (unpaired) electrons. The number of hydrogen-bond donors (Lipinski definition) is 0. The van der Waals surface area contributed by atoms with E-state index in [1.807, 2.05) is 43.3 Å². The summed E-state index contributed by atoms with van der Waals surface area (Å²) in [5, 5.41) is 8.24. The Morgan fingerprint density at radius 2 is 2.00 bits per heavy atom. The van der Waals surface area contributed by atoms with E-state index >= 15 is 0 Å². The maximum absolute atomic E-state index is 6.05. The lowest BCUT2D eigenvalue weighted by Crippen LogP contribution is -1.90. The monoisotopic (exact) mass is 257 g/mol. The first kappa shape index (κ1) is 12.5. The summed E-state index contributed by atoms with van der Waals surface area (Å²) in [6.45, 7) is 2.02. The van der Waals surface area contributed by atoms with Crippen molar-refractivity contribution in [1.82, 2.24) is 4.98 Å². The average molecular weight is 258 g/mol. The quantitative estimate of drug-likeness (QED) is 0.613. The third-order valence-electron chi connectivity index (χ3n) is 2.33. The topological polar surface area (TPSA) is 37.6 Å². The molecule has 0 fully saturated rings. The van der Waals surface area contributed by atoms with Gasteiger partial charge in [-0.05, 0) is 13.0 Å². The molecule has 0 saturated heterocycles. The molecular weight excluding hydrogens is 246 g/mol. The van der Waals surface area contributed by atoms with Crippen LogP contribution in [-0.4, -0.2) is 16.4 Å². The summed E-state index contributed by atoms with van der Waals surface area (Å²) in [7, 11) is 0. The van der Waals surface area contributed by atoms with Crippen LogP contribution in [0.3, 0.4) is 0 Å². The molecule has 0 spiro atoms. The summed E-state index contributed by atoms with van der Waals surface area (Å²) >= 11 is 6.05. The Kier molecular flexibility index (Phi) is 4.20. The van der Waals surface area contributed by atoms with E-state index in [0.717, 1.165) is 11.1 Å². The molecule has 0 N–H and O–H groups in total. The van der Waals surface area contributed by atoms with Gasteiger partial charge in [-0.1, -0.05) is 47.5 Å². The Morgan fingerprint density at radius 3 is 2.67 bits per heavy atom. The van der Waals surface area contributed by atoms with Gasteiger partial charge in [0.2, 0.25) is 0 Å². The fourth-order valence-electron chi connectivity index (χ4n) is 1.35. The molecular formula is C14H12ClN3. The van der Waals surface area contributed by atoms with Gasteiger partial charge in [0.05, 0.1) is 6.21 Å². The molecule has 2 rings (SSSR count). The molecule has 90 valence electrons. The number of rotatable bonds is 3. The van der Waals surface area contributed by atoms with Crippen LogP contribution < -0.4 is 0 Å². The zero-order valence-electron chi connectivity index (χ0n) is 9.92. The standard InChI is InChI=1S/C14H12ClN3/c1-11-4-6-13(7-5-11)14(15)18-17-10-12-3-2-8-16-9-12/h2-10H,1H3/b17-10+,18-14-. The van der Waals surface area contributed by atoms with E-state index in [-0.39, 0.29) is 0 Å². The summed E-state index contributed by atoms with van der Waals surface area (Å²) in [5.41, 5.74) is 2.92. The van der Waals surface area contributed by atoms with Gasteiger partial charge in [0, 0.05) is 23.5 Å². The molecule has 3 nitrogen and oxygen atoms in total. The zero-order valence-corrected chi connectivity index (χ0v) is 10.7. The van der Waals surface area contributed by atoms with E-state index in [9.17, 15) is 0 Å². The van der Waals surface area contributed by atoms with Crippen LogP contribution in [-0.2, 0) is 0 Å². The number of aryl methyl sites for hydroxylation is 1. The molecule has 0 atom stereocenters. The Bertz CT molecular complexity index is 559. The largest absolute Gasteiger partial charge is 0.264 e. The third-order valence-corrected chi connectivity index (χ3v) is 2.62. The molecule has 1 heterocycles. The molecule has 2 aromatic rings.